The molecule has 2 aromatic rings. The molecule has 1 aromatic carbocycles. The van der Waals surface area contributed by atoms with E-state index in [1.54, 1.807) is 29.1 Å². The molecular weight excluding hydrogens is 248 g/mol. The predicted molar refractivity (Wildman–Crippen MR) is 71.7 cm³/mol. The highest BCUT2D eigenvalue weighted by atomic mass is 35.5. The van der Waals surface area contributed by atoms with Gasteiger partial charge in [0.1, 0.15) is 5.69 Å². The van der Waals surface area contributed by atoms with Crippen LogP contribution in [0.5, 0.6) is 0 Å². The maximum atomic E-state index is 12.3. The minimum atomic E-state index is -0.0216. The van der Waals surface area contributed by atoms with Gasteiger partial charge in [0.05, 0.1) is 0 Å². The Kier molecular flexibility index (Phi) is 2.92. The van der Waals surface area contributed by atoms with Crippen LogP contribution in [-0.4, -0.2) is 9.55 Å². The Morgan fingerprint density at radius 2 is 2.00 bits per heavy atom. The Morgan fingerprint density at radius 3 is 2.67 bits per heavy atom. The van der Waals surface area contributed by atoms with Gasteiger partial charge in [-0.1, -0.05) is 23.7 Å². The summed E-state index contributed by atoms with van der Waals surface area (Å²) in [7, 11) is 0. The third kappa shape index (κ3) is 2.31. The summed E-state index contributed by atoms with van der Waals surface area (Å²) >= 11 is 5.84. The van der Waals surface area contributed by atoms with E-state index in [1.807, 2.05) is 12.1 Å². The van der Waals surface area contributed by atoms with Crippen molar-refractivity contribution < 1.29 is 0 Å². The van der Waals surface area contributed by atoms with E-state index in [-0.39, 0.29) is 5.56 Å². The van der Waals surface area contributed by atoms with Crippen molar-refractivity contribution in [2.24, 2.45) is 5.92 Å². The van der Waals surface area contributed by atoms with Gasteiger partial charge in [0, 0.05) is 29.5 Å². The van der Waals surface area contributed by atoms with E-state index in [0.717, 1.165) is 12.1 Å². The lowest BCUT2D eigenvalue weighted by Gasteiger charge is -2.06. The lowest BCUT2D eigenvalue weighted by atomic mass is 10.1. The lowest BCUT2D eigenvalue weighted by Crippen LogP contribution is -2.23. The summed E-state index contributed by atoms with van der Waals surface area (Å²) < 4.78 is 1.76. The molecule has 92 valence electrons. The summed E-state index contributed by atoms with van der Waals surface area (Å²) in [5.41, 5.74) is 1.29. The Bertz CT molecular complexity index is 614. The third-order valence-corrected chi connectivity index (χ3v) is 3.44. The molecule has 0 saturated heterocycles. The van der Waals surface area contributed by atoms with E-state index in [0.29, 0.717) is 16.6 Å². The number of hydrogen-bond donors (Lipinski definition) is 0. The first-order chi connectivity index (χ1) is 8.74. The maximum absolute atomic E-state index is 12.3. The molecule has 18 heavy (non-hydrogen) atoms. The van der Waals surface area contributed by atoms with Crippen molar-refractivity contribution in [3.8, 4) is 11.3 Å². The molecule has 1 heterocycles. The zero-order valence-electron chi connectivity index (χ0n) is 9.84. The van der Waals surface area contributed by atoms with E-state index < -0.39 is 0 Å². The van der Waals surface area contributed by atoms with Gasteiger partial charge in [0.25, 0.3) is 5.56 Å². The van der Waals surface area contributed by atoms with Gasteiger partial charge in [-0.25, -0.2) is 4.98 Å². The number of nitrogens with zero attached hydrogens (tertiary/aromatic N) is 2. The monoisotopic (exact) mass is 260 g/mol. The zero-order valence-corrected chi connectivity index (χ0v) is 10.6. The fourth-order valence-corrected chi connectivity index (χ4v) is 2.10. The first kappa shape index (κ1) is 11.5. The minimum absolute atomic E-state index is 0.0216. The van der Waals surface area contributed by atoms with Crippen LogP contribution < -0.4 is 5.56 Å². The van der Waals surface area contributed by atoms with Crippen LogP contribution in [-0.2, 0) is 6.54 Å². The highest BCUT2D eigenvalue weighted by Gasteiger charge is 2.22. The Balaban J connectivity index is 2.00. The Hall–Kier alpha value is -1.61. The molecule has 0 bridgehead atoms. The molecule has 3 rings (SSSR count). The quantitative estimate of drug-likeness (QED) is 0.850. The van der Waals surface area contributed by atoms with Crippen molar-refractivity contribution in [1.29, 1.82) is 0 Å². The highest BCUT2D eigenvalue weighted by Crippen LogP contribution is 2.30. The van der Waals surface area contributed by atoms with Gasteiger partial charge in [-0.15, -0.1) is 0 Å². The molecule has 0 N–H and O–H groups in total. The van der Waals surface area contributed by atoms with Crippen LogP contribution in [0.1, 0.15) is 12.8 Å². The molecule has 4 heteroatoms. The summed E-state index contributed by atoms with van der Waals surface area (Å²) in [6, 6.07) is 7.20. The smallest absolute Gasteiger partial charge is 0.277 e. The Labute approximate surface area is 110 Å². The summed E-state index contributed by atoms with van der Waals surface area (Å²) in [6.45, 7) is 0.807. The van der Waals surface area contributed by atoms with Crippen molar-refractivity contribution >= 4 is 11.6 Å². The van der Waals surface area contributed by atoms with Crippen molar-refractivity contribution in [3.63, 3.8) is 0 Å². The first-order valence-electron chi connectivity index (χ1n) is 6.05. The average Bonchev–Trinajstić information content (AvgIpc) is 3.17. The van der Waals surface area contributed by atoms with E-state index in [1.165, 1.54) is 12.8 Å². The lowest BCUT2D eigenvalue weighted by molar-refractivity contribution is 0.604. The Morgan fingerprint density at radius 1 is 1.28 bits per heavy atom. The van der Waals surface area contributed by atoms with Crippen molar-refractivity contribution in [2.45, 2.75) is 19.4 Å². The van der Waals surface area contributed by atoms with Crippen LogP contribution in [0.3, 0.4) is 0 Å². The molecule has 0 amide bonds. The molecule has 1 saturated carbocycles. The van der Waals surface area contributed by atoms with Crippen LogP contribution in [0.4, 0.5) is 0 Å². The second kappa shape index (κ2) is 4.58. The van der Waals surface area contributed by atoms with Crippen molar-refractivity contribution in [3.05, 3.63) is 52.0 Å². The van der Waals surface area contributed by atoms with Gasteiger partial charge in [0.15, 0.2) is 0 Å². The molecule has 1 aliphatic carbocycles. The molecule has 1 fully saturated rings. The standard InChI is InChI=1S/C14H13ClN2O/c15-12-5-3-11(4-6-12)13-14(18)17(8-7-16-13)9-10-1-2-10/h3-8,10H,1-2,9H2. The van der Waals surface area contributed by atoms with Gasteiger partial charge >= 0.3 is 0 Å². The summed E-state index contributed by atoms with van der Waals surface area (Å²) in [4.78, 5) is 16.5. The van der Waals surface area contributed by atoms with Crippen LogP contribution >= 0.6 is 11.6 Å². The second-order valence-corrected chi connectivity index (χ2v) is 5.12. The second-order valence-electron chi connectivity index (χ2n) is 4.68. The van der Waals surface area contributed by atoms with Crippen LogP contribution in [0.15, 0.2) is 41.5 Å². The fraction of sp³-hybridized carbons (Fsp3) is 0.286. The van der Waals surface area contributed by atoms with Gasteiger partial charge in [-0.05, 0) is 30.9 Å². The summed E-state index contributed by atoms with van der Waals surface area (Å²) in [5, 5.41) is 0.660. The average molecular weight is 261 g/mol. The topological polar surface area (TPSA) is 34.9 Å². The van der Waals surface area contributed by atoms with Crippen LogP contribution in [0, 0.1) is 5.92 Å². The maximum Gasteiger partial charge on any atom is 0.277 e. The third-order valence-electron chi connectivity index (χ3n) is 3.18. The highest BCUT2D eigenvalue weighted by molar-refractivity contribution is 6.30. The molecular formula is C14H13ClN2O. The molecule has 0 aliphatic heterocycles. The molecule has 0 spiro atoms. The van der Waals surface area contributed by atoms with Gasteiger partial charge < -0.3 is 4.57 Å². The number of aromatic nitrogens is 2. The van der Waals surface area contributed by atoms with E-state index >= 15 is 0 Å². The number of benzene rings is 1. The number of halogens is 1. The number of hydrogen-bond acceptors (Lipinski definition) is 2. The molecule has 1 aromatic heterocycles. The summed E-state index contributed by atoms with van der Waals surface area (Å²) in [5.74, 6) is 0.670. The molecule has 0 unspecified atom stereocenters. The minimum Gasteiger partial charge on any atom is -0.312 e. The normalized spacial score (nSPS) is 14.7. The fourth-order valence-electron chi connectivity index (χ4n) is 1.98. The predicted octanol–water partition coefficient (Wildman–Crippen LogP) is 2.97. The number of rotatable bonds is 3. The molecule has 0 atom stereocenters. The van der Waals surface area contributed by atoms with Crippen LogP contribution in [0.2, 0.25) is 5.02 Å². The van der Waals surface area contributed by atoms with E-state index in [4.69, 9.17) is 11.6 Å². The van der Waals surface area contributed by atoms with E-state index in [9.17, 15) is 4.79 Å². The SMILES string of the molecule is O=c1c(-c2ccc(Cl)cc2)nccn1CC1CC1. The summed E-state index contributed by atoms with van der Waals surface area (Å²) in [6.07, 6.45) is 5.91. The molecule has 3 nitrogen and oxygen atoms in total. The van der Waals surface area contributed by atoms with Crippen molar-refractivity contribution in [2.75, 3.05) is 0 Å². The molecule has 0 radical (unpaired) electrons. The largest absolute Gasteiger partial charge is 0.312 e. The van der Waals surface area contributed by atoms with Gasteiger partial charge in [0.2, 0.25) is 0 Å². The van der Waals surface area contributed by atoms with Crippen LogP contribution in [0.25, 0.3) is 11.3 Å². The molecule has 1 aliphatic rings. The van der Waals surface area contributed by atoms with E-state index in [2.05, 4.69) is 4.98 Å². The first-order valence-corrected chi connectivity index (χ1v) is 6.43. The van der Waals surface area contributed by atoms with Gasteiger partial charge in [-0.2, -0.15) is 0 Å². The van der Waals surface area contributed by atoms with Crippen molar-refractivity contribution in [1.82, 2.24) is 9.55 Å². The van der Waals surface area contributed by atoms with Gasteiger partial charge in [-0.3, -0.25) is 4.79 Å². The zero-order chi connectivity index (χ0) is 12.5.